The van der Waals surface area contributed by atoms with Crippen molar-refractivity contribution in [1.29, 1.82) is 0 Å². The molecule has 1 spiro atoms. The number of rotatable bonds is 3. The number of amides is 3. The Kier molecular flexibility index (Phi) is 4.46. The molecule has 178 valence electrons. The molecule has 0 unspecified atom stereocenters. The van der Waals surface area contributed by atoms with Crippen LogP contribution in [0.2, 0.25) is 5.02 Å². The highest BCUT2D eigenvalue weighted by molar-refractivity contribution is 6.31. The summed E-state index contributed by atoms with van der Waals surface area (Å²) in [5.74, 6) is -2.58. The normalized spacial score (nSPS) is 26.6. The topological polar surface area (TPSA) is 94.3 Å². The zero-order chi connectivity index (χ0) is 24.6. The number of nitrogens with zero attached hydrogens (tertiary/aromatic N) is 1. The number of hydrogen-bond donors (Lipinski definition) is 3. The predicted octanol–water partition coefficient (Wildman–Crippen LogP) is 3.99. The second kappa shape index (κ2) is 7.53. The van der Waals surface area contributed by atoms with Gasteiger partial charge in [0, 0.05) is 39.4 Å². The van der Waals surface area contributed by atoms with Gasteiger partial charge in [-0.1, -0.05) is 48.0 Å². The molecule has 36 heavy (non-hydrogen) atoms. The molecule has 1 aromatic heterocycles. The van der Waals surface area contributed by atoms with Gasteiger partial charge in [-0.15, -0.1) is 0 Å². The van der Waals surface area contributed by atoms with E-state index < -0.39 is 23.4 Å². The lowest BCUT2D eigenvalue weighted by Gasteiger charge is -2.29. The highest BCUT2D eigenvalue weighted by Gasteiger charge is 2.70. The minimum absolute atomic E-state index is 0.306. The fraction of sp³-hybridized carbons (Fsp3) is 0.179. The van der Waals surface area contributed by atoms with Gasteiger partial charge in [0.15, 0.2) is 0 Å². The number of carbonyl (C=O) groups excluding carboxylic acids is 3. The monoisotopic (exact) mass is 496 g/mol. The lowest BCUT2D eigenvalue weighted by atomic mass is 9.76. The zero-order valence-electron chi connectivity index (χ0n) is 19.0. The molecule has 0 radical (unpaired) electrons. The van der Waals surface area contributed by atoms with Crippen molar-refractivity contribution >= 4 is 51.6 Å². The molecule has 3 N–H and O–H groups in total. The van der Waals surface area contributed by atoms with E-state index in [9.17, 15) is 14.4 Å². The first-order valence-corrected chi connectivity index (χ1v) is 12.2. The van der Waals surface area contributed by atoms with Crippen molar-refractivity contribution in [3.63, 3.8) is 0 Å². The molecular weight excluding hydrogens is 476 g/mol. The molecule has 4 atom stereocenters. The number of aromatic nitrogens is 1. The molecule has 0 aliphatic carbocycles. The zero-order valence-corrected chi connectivity index (χ0v) is 19.8. The van der Waals surface area contributed by atoms with Crippen LogP contribution >= 0.6 is 11.6 Å². The van der Waals surface area contributed by atoms with Crippen LogP contribution in [0, 0.1) is 11.8 Å². The number of fused-ring (bicyclic) bond motifs is 5. The average Bonchev–Trinajstić information content (AvgIpc) is 3.59. The van der Waals surface area contributed by atoms with Crippen LogP contribution in [0.25, 0.3) is 10.9 Å². The van der Waals surface area contributed by atoms with Crippen molar-refractivity contribution in [2.45, 2.75) is 18.0 Å². The molecule has 7 rings (SSSR count). The minimum atomic E-state index is -1.33. The van der Waals surface area contributed by atoms with Crippen molar-refractivity contribution in [2.24, 2.45) is 11.8 Å². The van der Waals surface area contributed by atoms with Gasteiger partial charge in [-0.2, -0.15) is 0 Å². The fourth-order valence-electron chi connectivity index (χ4n) is 6.32. The van der Waals surface area contributed by atoms with Crippen LogP contribution in [0.5, 0.6) is 0 Å². The number of anilines is 2. The van der Waals surface area contributed by atoms with Crippen LogP contribution in [0.1, 0.15) is 11.1 Å². The van der Waals surface area contributed by atoms with Crippen LogP contribution in [0.3, 0.4) is 0 Å². The Balaban J connectivity index is 1.37. The Morgan fingerprint density at radius 1 is 0.889 bits per heavy atom. The molecule has 0 bridgehead atoms. The third kappa shape index (κ3) is 2.75. The number of imide groups is 1. The van der Waals surface area contributed by atoms with Crippen LogP contribution in [-0.4, -0.2) is 28.7 Å². The number of carbonyl (C=O) groups is 3. The maximum Gasteiger partial charge on any atom is 0.250 e. The maximum atomic E-state index is 14.0. The van der Waals surface area contributed by atoms with Crippen molar-refractivity contribution < 1.29 is 14.4 Å². The van der Waals surface area contributed by atoms with E-state index in [0.29, 0.717) is 28.4 Å². The molecule has 4 aromatic rings. The molecule has 2 fully saturated rings. The lowest BCUT2D eigenvalue weighted by molar-refractivity contribution is -0.130. The molecule has 8 heteroatoms. The third-order valence-electron chi connectivity index (χ3n) is 7.82. The van der Waals surface area contributed by atoms with E-state index >= 15 is 0 Å². The van der Waals surface area contributed by atoms with Gasteiger partial charge in [-0.05, 0) is 48.4 Å². The quantitative estimate of drug-likeness (QED) is 0.374. The van der Waals surface area contributed by atoms with Gasteiger partial charge in [-0.3, -0.25) is 19.7 Å². The maximum absolute atomic E-state index is 14.0. The van der Waals surface area contributed by atoms with Gasteiger partial charge in [-0.25, -0.2) is 4.90 Å². The fourth-order valence-corrected chi connectivity index (χ4v) is 6.44. The first kappa shape index (κ1) is 21.4. The Bertz CT molecular complexity index is 1580. The molecule has 3 aliphatic rings. The molecule has 3 amide bonds. The van der Waals surface area contributed by atoms with E-state index in [4.69, 9.17) is 11.6 Å². The summed E-state index contributed by atoms with van der Waals surface area (Å²) in [6.07, 6.45) is 2.42. The van der Waals surface area contributed by atoms with E-state index in [1.807, 2.05) is 54.7 Å². The summed E-state index contributed by atoms with van der Waals surface area (Å²) in [7, 11) is 0. The number of benzene rings is 3. The van der Waals surface area contributed by atoms with E-state index in [-0.39, 0.29) is 17.7 Å². The minimum Gasteiger partial charge on any atom is -0.361 e. The summed E-state index contributed by atoms with van der Waals surface area (Å²) >= 11 is 6.06. The molecule has 4 heterocycles. The highest BCUT2D eigenvalue weighted by Crippen LogP contribution is 2.54. The third-order valence-corrected chi connectivity index (χ3v) is 8.07. The first-order valence-electron chi connectivity index (χ1n) is 11.9. The molecule has 2 saturated heterocycles. The molecule has 0 saturated carbocycles. The molecule has 7 nitrogen and oxygen atoms in total. The number of nitrogens with one attached hydrogen (secondary N) is 3. The summed E-state index contributed by atoms with van der Waals surface area (Å²) in [4.78, 5) is 46.1. The number of aromatic amines is 1. The number of H-pyrrole nitrogens is 1. The van der Waals surface area contributed by atoms with Crippen LogP contribution in [-0.2, 0) is 26.3 Å². The van der Waals surface area contributed by atoms with E-state index in [1.165, 1.54) is 4.90 Å². The highest BCUT2D eigenvalue weighted by atomic mass is 35.5. The standard InChI is InChI=1S/C28H21ClN4O3/c29-16-9-11-17(12-10-16)33-25(34)23-22(13-15-14-30-20-7-3-1-5-18(15)20)32-28(24(23)26(33)35)19-6-2-4-8-21(19)31-27(28)36/h1-12,14,22-24,30,32H,13H2,(H,31,36)/t22-,23-,24-,28-/m1/s1. The van der Waals surface area contributed by atoms with Gasteiger partial charge in [0.25, 0.3) is 0 Å². The number of para-hydroxylation sites is 2. The largest absolute Gasteiger partial charge is 0.361 e. The molecule has 3 aromatic carbocycles. The second-order valence-electron chi connectivity index (χ2n) is 9.61. The summed E-state index contributed by atoms with van der Waals surface area (Å²) in [5, 5.41) is 8.01. The van der Waals surface area contributed by atoms with E-state index in [2.05, 4.69) is 15.6 Å². The van der Waals surface area contributed by atoms with Gasteiger partial charge < -0.3 is 10.3 Å². The van der Waals surface area contributed by atoms with Crippen LogP contribution in [0.15, 0.2) is 79.0 Å². The summed E-state index contributed by atoms with van der Waals surface area (Å²) in [5.41, 5.74) is 2.51. The summed E-state index contributed by atoms with van der Waals surface area (Å²) in [6, 6.07) is 21.5. The van der Waals surface area contributed by atoms with Gasteiger partial charge >= 0.3 is 0 Å². The Labute approximate surface area is 211 Å². The van der Waals surface area contributed by atoms with Gasteiger partial charge in [0.2, 0.25) is 17.7 Å². The molecular formula is C28H21ClN4O3. The average molecular weight is 497 g/mol. The predicted molar refractivity (Wildman–Crippen MR) is 137 cm³/mol. The molecule has 3 aliphatic heterocycles. The van der Waals surface area contributed by atoms with Crippen LogP contribution in [0.4, 0.5) is 11.4 Å². The first-order chi connectivity index (χ1) is 17.5. The number of hydrogen-bond acceptors (Lipinski definition) is 4. The smallest absolute Gasteiger partial charge is 0.250 e. The van der Waals surface area contributed by atoms with E-state index in [0.717, 1.165) is 16.5 Å². The summed E-state index contributed by atoms with van der Waals surface area (Å²) in [6.45, 7) is 0. The summed E-state index contributed by atoms with van der Waals surface area (Å²) < 4.78 is 0. The lowest BCUT2D eigenvalue weighted by Crippen LogP contribution is -2.53. The van der Waals surface area contributed by atoms with Crippen molar-refractivity contribution in [3.8, 4) is 0 Å². The van der Waals surface area contributed by atoms with Crippen molar-refractivity contribution in [3.05, 3.63) is 95.1 Å². The van der Waals surface area contributed by atoms with Crippen molar-refractivity contribution in [2.75, 3.05) is 10.2 Å². The van der Waals surface area contributed by atoms with E-state index in [1.54, 1.807) is 24.3 Å². The second-order valence-corrected chi connectivity index (χ2v) is 10.1. The SMILES string of the molecule is O=C1[C@@H]2[C@@H](Cc3c[nH]c4ccccc34)N[C@@]3(C(=O)Nc4ccccc43)[C@H]2C(=O)N1c1ccc(Cl)cc1. The van der Waals surface area contributed by atoms with Crippen molar-refractivity contribution in [1.82, 2.24) is 10.3 Å². The van der Waals surface area contributed by atoms with Gasteiger partial charge in [0.1, 0.15) is 5.54 Å². The van der Waals surface area contributed by atoms with Crippen LogP contribution < -0.4 is 15.5 Å². The Morgan fingerprint density at radius 2 is 1.64 bits per heavy atom. The Morgan fingerprint density at radius 3 is 2.47 bits per heavy atom. The number of halogens is 1. The van der Waals surface area contributed by atoms with Gasteiger partial charge in [0.05, 0.1) is 17.5 Å². The Hall–Kier alpha value is -3.94.